The van der Waals surface area contributed by atoms with Crippen molar-refractivity contribution in [2.24, 2.45) is 0 Å². The van der Waals surface area contributed by atoms with Crippen LogP contribution in [-0.4, -0.2) is 60.1 Å². The number of carbonyl (C=O) groups is 3. The van der Waals surface area contributed by atoms with Crippen LogP contribution in [0.2, 0.25) is 0 Å². The third-order valence-electron chi connectivity index (χ3n) is 6.24. The molecule has 4 rings (SSSR count). The smallest absolute Gasteiger partial charge is 0.410 e. The summed E-state index contributed by atoms with van der Waals surface area (Å²) < 4.78 is 11.0. The molecule has 0 saturated heterocycles. The van der Waals surface area contributed by atoms with Gasteiger partial charge in [-0.3, -0.25) is 14.5 Å². The molecular formula is C25H28N2O5. The minimum atomic E-state index is -0.316. The highest BCUT2D eigenvalue weighted by molar-refractivity contribution is 6.21. The maximum absolute atomic E-state index is 12.4. The van der Waals surface area contributed by atoms with Crippen molar-refractivity contribution in [3.8, 4) is 0 Å². The topological polar surface area (TPSA) is 76.2 Å². The molecule has 0 N–H and O–H groups in total. The Bertz CT molecular complexity index is 934. The summed E-state index contributed by atoms with van der Waals surface area (Å²) in [6.07, 6.45) is 3.00. The molecule has 0 aromatic heterocycles. The Morgan fingerprint density at radius 2 is 1.53 bits per heavy atom. The van der Waals surface area contributed by atoms with E-state index in [2.05, 4.69) is 0 Å². The van der Waals surface area contributed by atoms with Gasteiger partial charge in [-0.2, -0.15) is 0 Å². The third kappa shape index (κ3) is 4.67. The fourth-order valence-electron chi connectivity index (χ4n) is 4.52. The standard InChI is InChI=1S/C25H28N2O5/c1-31-25(30)27(17-18-7-3-2-4-8-18)19-11-13-20(14-12-19)32-16-15-26-23(28)21-9-5-6-10-22(21)24(26)29/h2-10,19-20H,11-17H2,1H3. The van der Waals surface area contributed by atoms with Gasteiger partial charge in [0, 0.05) is 12.6 Å². The molecule has 2 aromatic carbocycles. The molecule has 0 unspecified atom stereocenters. The second-order valence-corrected chi connectivity index (χ2v) is 8.19. The average molecular weight is 437 g/mol. The lowest BCUT2D eigenvalue weighted by atomic mass is 9.91. The van der Waals surface area contributed by atoms with Crippen molar-refractivity contribution < 1.29 is 23.9 Å². The van der Waals surface area contributed by atoms with Gasteiger partial charge in [0.15, 0.2) is 0 Å². The van der Waals surface area contributed by atoms with Crippen molar-refractivity contribution >= 4 is 17.9 Å². The lowest BCUT2D eigenvalue weighted by Crippen LogP contribution is -2.43. The first kappa shape index (κ1) is 22.0. The van der Waals surface area contributed by atoms with E-state index in [1.807, 2.05) is 30.3 Å². The molecule has 0 radical (unpaired) electrons. The monoisotopic (exact) mass is 436 g/mol. The summed E-state index contributed by atoms with van der Waals surface area (Å²) in [6, 6.07) is 16.9. The Balaban J connectivity index is 1.26. The zero-order chi connectivity index (χ0) is 22.5. The number of carbonyl (C=O) groups excluding carboxylic acids is 3. The molecule has 0 atom stereocenters. The molecule has 3 amide bonds. The van der Waals surface area contributed by atoms with Gasteiger partial charge in [0.25, 0.3) is 11.8 Å². The molecule has 1 saturated carbocycles. The third-order valence-corrected chi connectivity index (χ3v) is 6.24. The minimum Gasteiger partial charge on any atom is -0.453 e. The zero-order valence-corrected chi connectivity index (χ0v) is 18.2. The molecule has 1 heterocycles. The van der Waals surface area contributed by atoms with Crippen LogP contribution < -0.4 is 0 Å². The molecule has 2 aliphatic rings. The summed E-state index contributed by atoms with van der Waals surface area (Å²) in [6.45, 7) is 1.07. The summed E-state index contributed by atoms with van der Waals surface area (Å²) in [5.41, 5.74) is 1.98. The maximum atomic E-state index is 12.4. The Labute approximate surface area is 187 Å². The van der Waals surface area contributed by atoms with Gasteiger partial charge in [-0.15, -0.1) is 0 Å². The number of fused-ring (bicyclic) bond motifs is 1. The van der Waals surface area contributed by atoms with Crippen LogP contribution in [0, 0.1) is 0 Å². The molecule has 0 spiro atoms. The molecule has 1 aliphatic carbocycles. The van der Waals surface area contributed by atoms with E-state index in [0.29, 0.717) is 24.3 Å². The van der Waals surface area contributed by atoms with Crippen molar-refractivity contribution in [1.82, 2.24) is 9.80 Å². The number of ether oxygens (including phenoxy) is 2. The van der Waals surface area contributed by atoms with Crippen molar-refractivity contribution in [3.63, 3.8) is 0 Å². The quantitative estimate of drug-likeness (QED) is 0.616. The molecule has 7 heteroatoms. The van der Waals surface area contributed by atoms with Crippen molar-refractivity contribution in [2.75, 3.05) is 20.3 Å². The van der Waals surface area contributed by atoms with Gasteiger partial charge in [-0.1, -0.05) is 42.5 Å². The number of hydrogen-bond acceptors (Lipinski definition) is 5. The first-order valence-corrected chi connectivity index (χ1v) is 11.0. The van der Waals surface area contributed by atoms with Crippen LogP contribution in [0.25, 0.3) is 0 Å². The molecule has 32 heavy (non-hydrogen) atoms. The summed E-state index contributed by atoms with van der Waals surface area (Å²) in [5, 5.41) is 0. The van der Waals surface area contributed by atoms with Crippen LogP contribution in [0.3, 0.4) is 0 Å². The predicted octanol–water partition coefficient (Wildman–Crippen LogP) is 3.88. The van der Waals surface area contributed by atoms with E-state index >= 15 is 0 Å². The molecule has 1 fully saturated rings. The molecule has 0 bridgehead atoms. The van der Waals surface area contributed by atoms with Crippen LogP contribution in [0.4, 0.5) is 4.79 Å². The first-order chi connectivity index (χ1) is 15.6. The minimum absolute atomic E-state index is 0.0534. The van der Waals surface area contributed by atoms with Crippen LogP contribution in [0.15, 0.2) is 54.6 Å². The van der Waals surface area contributed by atoms with E-state index in [1.54, 1.807) is 29.2 Å². The Morgan fingerprint density at radius 3 is 2.12 bits per heavy atom. The Morgan fingerprint density at radius 1 is 0.938 bits per heavy atom. The molecule has 7 nitrogen and oxygen atoms in total. The van der Waals surface area contributed by atoms with E-state index in [1.165, 1.54) is 12.0 Å². The second-order valence-electron chi connectivity index (χ2n) is 8.19. The SMILES string of the molecule is COC(=O)N(Cc1ccccc1)C1CCC(OCCN2C(=O)c3ccccc3C2=O)CC1. The number of amides is 3. The highest BCUT2D eigenvalue weighted by atomic mass is 16.5. The summed E-state index contributed by atoms with van der Waals surface area (Å²) in [5.74, 6) is -0.514. The fraction of sp³-hybridized carbons (Fsp3) is 0.400. The van der Waals surface area contributed by atoms with Gasteiger partial charge in [-0.05, 0) is 43.4 Å². The average Bonchev–Trinajstić information content (AvgIpc) is 3.08. The second kappa shape index (κ2) is 9.96. The number of nitrogens with zero attached hydrogens (tertiary/aromatic N) is 2. The van der Waals surface area contributed by atoms with Gasteiger partial charge in [0.05, 0.1) is 37.5 Å². The number of rotatable bonds is 7. The number of methoxy groups -OCH3 is 1. The summed E-state index contributed by atoms with van der Waals surface area (Å²) >= 11 is 0. The van der Waals surface area contributed by atoms with Crippen molar-refractivity contribution in [1.29, 1.82) is 0 Å². The van der Waals surface area contributed by atoms with Gasteiger partial charge in [0.2, 0.25) is 0 Å². The molecule has 2 aromatic rings. The van der Waals surface area contributed by atoms with Gasteiger partial charge in [-0.25, -0.2) is 4.79 Å². The van der Waals surface area contributed by atoms with E-state index in [9.17, 15) is 14.4 Å². The molecule has 1 aliphatic heterocycles. The lowest BCUT2D eigenvalue weighted by Gasteiger charge is -2.36. The zero-order valence-electron chi connectivity index (χ0n) is 18.2. The normalized spacial score (nSPS) is 20.2. The van der Waals surface area contributed by atoms with Crippen LogP contribution in [0.1, 0.15) is 52.0 Å². The number of imide groups is 1. The first-order valence-electron chi connectivity index (χ1n) is 11.0. The summed E-state index contributed by atoms with van der Waals surface area (Å²) in [7, 11) is 1.41. The van der Waals surface area contributed by atoms with Crippen molar-refractivity contribution in [2.45, 2.75) is 44.4 Å². The van der Waals surface area contributed by atoms with Gasteiger partial charge in [0.1, 0.15) is 0 Å². The van der Waals surface area contributed by atoms with Crippen LogP contribution in [-0.2, 0) is 16.0 Å². The predicted molar refractivity (Wildman–Crippen MR) is 118 cm³/mol. The van der Waals surface area contributed by atoms with Gasteiger partial charge < -0.3 is 14.4 Å². The highest BCUT2D eigenvalue weighted by Gasteiger charge is 2.35. The van der Waals surface area contributed by atoms with E-state index in [0.717, 1.165) is 31.2 Å². The number of benzene rings is 2. The van der Waals surface area contributed by atoms with E-state index in [4.69, 9.17) is 9.47 Å². The molecule has 168 valence electrons. The van der Waals surface area contributed by atoms with E-state index < -0.39 is 0 Å². The maximum Gasteiger partial charge on any atom is 0.410 e. The van der Waals surface area contributed by atoms with Crippen LogP contribution >= 0.6 is 0 Å². The summed E-state index contributed by atoms with van der Waals surface area (Å²) in [4.78, 5) is 40.3. The fourth-order valence-corrected chi connectivity index (χ4v) is 4.52. The highest BCUT2D eigenvalue weighted by Crippen LogP contribution is 2.27. The van der Waals surface area contributed by atoms with Gasteiger partial charge >= 0.3 is 6.09 Å². The Kier molecular flexibility index (Phi) is 6.85. The Hall–Kier alpha value is -3.19. The largest absolute Gasteiger partial charge is 0.453 e. The van der Waals surface area contributed by atoms with Crippen molar-refractivity contribution in [3.05, 3.63) is 71.3 Å². The lowest BCUT2D eigenvalue weighted by molar-refractivity contribution is -0.000116. The van der Waals surface area contributed by atoms with Crippen LogP contribution in [0.5, 0.6) is 0 Å². The van der Waals surface area contributed by atoms with E-state index in [-0.39, 0.29) is 36.6 Å². The number of hydrogen-bond donors (Lipinski definition) is 0. The molecular weight excluding hydrogens is 408 g/mol.